The van der Waals surface area contributed by atoms with Gasteiger partial charge in [-0.2, -0.15) is 0 Å². The maximum Gasteiger partial charge on any atom is 0.0498 e. The molecular formula is C13H29NOS. The molecule has 3 heteroatoms. The molecule has 0 aromatic heterocycles. The molecular weight excluding hydrogens is 218 g/mol. The average Bonchev–Trinajstić information content (AvgIpc) is 2.27. The fourth-order valence-corrected chi connectivity index (χ4v) is 3.74. The van der Waals surface area contributed by atoms with Crippen molar-refractivity contribution in [1.29, 1.82) is 0 Å². The molecule has 1 N–H and O–H groups in total. The lowest BCUT2D eigenvalue weighted by Gasteiger charge is -2.26. The summed E-state index contributed by atoms with van der Waals surface area (Å²) in [6.45, 7) is 9.70. The molecule has 0 rings (SSSR count). The van der Waals surface area contributed by atoms with Crippen LogP contribution >= 0.6 is 0 Å². The second-order valence-electron chi connectivity index (χ2n) is 4.38. The van der Waals surface area contributed by atoms with Crippen molar-refractivity contribution in [1.82, 2.24) is 5.32 Å². The fourth-order valence-electron chi connectivity index (χ4n) is 2.07. The Morgan fingerprint density at radius 3 is 2.19 bits per heavy atom. The highest BCUT2D eigenvalue weighted by Gasteiger charge is 2.23. The minimum absolute atomic E-state index is 0.339. The highest BCUT2D eigenvalue weighted by Crippen LogP contribution is 2.13. The molecule has 0 aliphatic rings. The predicted octanol–water partition coefficient (Wildman–Crippen LogP) is 3.09. The zero-order chi connectivity index (χ0) is 12.4. The average molecular weight is 247 g/mol. The molecule has 16 heavy (non-hydrogen) atoms. The first kappa shape index (κ1) is 16.1. The Hall–Kier alpha value is 0.110. The molecule has 3 atom stereocenters. The SMILES string of the molecule is CCCNC(CCC)C(CC)S(=O)CCC. The highest BCUT2D eigenvalue weighted by atomic mass is 32.2. The summed E-state index contributed by atoms with van der Waals surface area (Å²) in [6, 6.07) is 0.447. The van der Waals surface area contributed by atoms with Gasteiger partial charge in [-0.15, -0.1) is 0 Å². The maximum absolute atomic E-state index is 12.1. The molecule has 0 aromatic rings. The van der Waals surface area contributed by atoms with Crippen LogP contribution in [0.3, 0.4) is 0 Å². The second-order valence-corrected chi connectivity index (χ2v) is 6.16. The van der Waals surface area contributed by atoms with Gasteiger partial charge in [0.25, 0.3) is 0 Å². The number of nitrogens with one attached hydrogen (secondary N) is 1. The molecule has 0 spiro atoms. The first-order valence-electron chi connectivity index (χ1n) is 6.81. The van der Waals surface area contributed by atoms with Crippen LogP contribution in [-0.2, 0) is 10.8 Å². The lowest BCUT2D eigenvalue weighted by molar-refractivity contribution is 0.447. The van der Waals surface area contributed by atoms with Gasteiger partial charge in [0.05, 0.1) is 0 Å². The van der Waals surface area contributed by atoms with Gasteiger partial charge < -0.3 is 5.32 Å². The van der Waals surface area contributed by atoms with Crippen LogP contribution in [0.5, 0.6) is 0 Å². The first-order chi connectivity index (χ1) is 7.71. The number of hydrogen-bond donors (Lipinski definition) is 1. The minimum atomic E-state index is -0.655. The van der Waals surface area contributed by atoms with Crippen LogP contribution in [0.25, 0.3) is 0 Å². The molecule has 98 valence electrons. The third-order valence-corrected chi connectivity index (χ3v) is 5.00. The van der Waals surface area contributed by atoms with Gasteiger partial charge in [-0.25, -0.2) is 0 Å². The first-order valence-corrected chi connectivity index (χ1v) is 8.19. The molecule has 0 bridgehead atoms. The van der Waals surface area contributed by atoms with E-state index in [9.17, 15) is 4.21 Å². The van der Waals surface area contributed by atoms with Crippen LogP contribution in [-0.4, -0.2) is 27.8 Å². The van der Waals surface area contributed by atoms with Gasteiger partial charge in [0, 0.05) is 27.8 Å². The normalized spacial score (nSPS) is 17.0. The molecule has 0 aromatic carbocycles. The van der Waals surface area contributed by atoms with Crippen molar-refractivity contribution in [3.05, 3.63) is 0 Å². The van der Waals surface area contributed by atoms with Crippen LogP contribution in [0.1, 0.15) is 59.8 Å². The van der Waals surface area contributed by atoms with Gasteiger partial charge in [-0.3, -0.25) is 4.21 Å². The summed E-state index contributed by atoms with van der Waals surface area (Å²) in [5.74, 6) is 0.854. The summed E-state index contributed by atoms with van der Waals surface area (Å²) in [7, 11) is -0.655. The van der Waals surface area contributed by atoms with Gasteiger partial charge in [0.15, 0.2) is 0 Å². The third-order valence-electron chi connectivity index (χ3n) is 2.85. The molecule has 0 amide bonds. The fraction of sp³-hybridized carbons (Fsp3) is 1.00. The summed E-state index contributed by atoms with van der Waals surface area (Å²) in [6.07, 6.45) is 5.51. The lowest BCUT2D eigenvalue weighted by atomic mass is 10.1. The van der Waals surface area contributed by atoms with Crippen molar-refractivity contribution < 1.29 is 4.21 Å². The summed E-state index contributed by atoms with van der Waals surface area (Å²) in [4.78, 5) is 0. The van der Waals surface area contributed by atoms with Crippen molar-refractivity contribution in [3.8, 4) is 0 Å². The lowest BCUT2D eigenvalue weighted by Crippen LogP contribution is -2.42. The molecule has 0 aliphatic carbocycles. The van der Waals surface area contributed by atoms with E-state index >= 15 is 0 Å². The van der Waals surface area contributed by atoms with E-state index in [4.69, 9.17) is 0 Å². The summed E-state index contributed by atoms with van der Waals surface area (Å²) < 4.78 is 12.1. The highest BCUT2D eigenvalue weighted by molar-refractivity contribution is 7.85. The van der Waals surface area contributed by atoms with E-state index < -0.39 is 10.8 Å². The van der Waals surface area contributed by atoms with E-state index in [0.717, 1.165) is 38.0 Å². The van der Waals surface area contributed by atoms with Gasteiger partial charge in [-0.05, 0) is 32.2 Å². The number of hydrogen-bond acceptors (Lipinski definition) is 2. The Balaban J connectivity index is 4.36. The smallest absolute Gasteiger partial charge is 0.0498 e. The van der Waals surface area contributed by atoms with Crippen LogP contribution in [0.4, 0.5) is 0 Å². The van der Waals surface area contributed by atoms with Crippen molar-refractivity contribution >= 4 is 10.8 Å². The molecule has 0 saturated heterocycles. The molecule has 0 fully saturated rings. The molecule has 0 heterocycles. The van der Waals surface area contributed by atoms with Crippen molar-refractivity contribution in [2.45, 2.75) is 71.1 Å². The van der Waals surface area contributed by atoms with E-state index in [2.05, 4.69) is 33.0 Å². The summed E-state index contributed by atoms with van der Waals surface area (Å²) in [5.41, 5.74) is 0. The van der Waals surface area contributed by atoms with Crippen molar-refractivity contribution in [3.63, 3.8) is 0 Å². The molecule has 0 aliphatic heterocycles. The van der Waals surface area contributed by atoms with Crippen LogP contribution in [0, 0.1) is 0 Å². The van der Waals surface area contributed by atoms with Crippen LogP contribution < -0.4 is 5.32 Å². The van der Waals surface area contributed by atoms with Crippen LogP contribution in [0.15, 0.2) is 0 Å². The van der Waals surface area contributed by atoms with Crippen LogP contribution in [0.2, 0.25) is 0 Å². The largest absolute Gasteiger partial charge is 0.313 e. The van der Waals surface area contributed by atoms with Gasteiger partial charge in [-0.1, -0.05) is 34.1 Å². The molecule has 2 nitrogen and oxygen atoms in total. The minimum Gasteiger partial charge on any atom is -0.313 e. The summed E-state index contributed by atoms with van der Waals surface area (Å²) in [5, 5.41) is 3.91. The molecule has 0 saturated carbocycles. The van der Waals surface area contributed by atoms with Crippen molar-refractivity contribution in [2.75, 3.05) is 12.3 Å². The standard InChI is InChI=1S/C13H29NOS/c1-5-9-12(14-10-6-2)13(8-4)16(15)11-7-3/h12-14H,5-11H2,1-4H3. The Morgan fingerprint density at radius 2 is 1.75 bits per heavy atom. The van der Waals surface area contributed by atoms with E-state index in [1.54, 1.807) is 0 Å². The Labute approximate surface area is 104 Å². The Kier molecular flexibility index (Phi) is 10.3. The molecule has 3 unspecified atom stereocenters. The number of rotatable bonds is 10. The second kappa shape index (κ2) is 10.3. The summed E-state index contributed by atoms with van der Waals surface area (Å²) >= 11 is 0. The van der Waals surface area contributed by atoms with Crippen molar-refractivity contribution in [2.24, 2.45) is 0 Å². The quantitative estimate of drug-likeness (QED) is 0.643. The van der Waals surface area contributed by atoms with Gasteiger partial charge >= 0.3 is 0 Å². The topological polar surface area (TPSA) is 29.1 Å². The third kappa shape index (κ3) is 6.00. The Bertz CT molecular complexity index is 185. The van der Waals surface area contributed by atoms with Gasteiger partial charge in [0.1, 0.15) is 0 Å². The molecule has 0 radical (unpaired) electrons. The maximum atomic E-state index is 12.1. The van der Waals surface area contributed by atoms with E-state index in [1.807, 2.05) is 0 Å². The van der Waals surface area contributed by atoms with E-state index in [0.29, 0.717) is 11.3 Å². The zero-order valence-electron chi connectivity index (χ0n) is 11.4. The predicted molar refractivity (Wildman–Crippen MR) is 74.4 cm³/mol. The van der Waals surface area contributed by atoms with E-state index in [1.165, 1.54) is 6.42 Å². The van der Waals surface area contributed by atoms with Gasteiger partial charge in [0.2, 0.25) is 0 Å². The monoisotopic (exact) mass is 247 g/mol. The zero-order valence-corrected chi connectivity index (χ0v) is 12.2. The van der Waals surface area contributed by atoms with E-state index in [-0.39, 0.29) is 0 Å². The Morgan fingerprint density at radius 1 is 1.06 bits per heavy atom.